The number of para-hydroxylation sites is 1. The minimum Gasteiger partial charge on any atom is -0.330 e. The maximum absolute atomic E-state index is 4.26. The summed E-state index contributed by atoms with van der Waals surface area (Å²) in [5, 5.41) is 13.5. The summed E-state index contributed by atoms with van der Waals surface area (Å²) < 4.78 is 2.38. The van der Waals surface area contributed by atoms with Crippen LogP contribution in [0.2, 0.25) is 0 Å². The minimum absolute atomic E-state index is 0.807. The smallest absolute Gasteiger partial charge is 0.210 e. The fraction of sp³-hybridized carbons (Fsp3) is 0.0769. The summed E-state index contributed by atoms with van der Waals surface area (Å²) in [5.74, 6) is 0. The van der Waals surface area contributed by atoms with Gasteiger partial charge in [-0.25, -0.2) is 0 Å². The zero-order chi connectivity index (χ0) is 13.9. The highest BCUT2D eigenvalue weighted by Gasteiger charge is 2.12. The number of aromatic nitrogens is 2. The molecular weight excluding hydrogens is 374 g/mol. The number of anilines is 2. The van der Waals surface area contributed by atoms with Crippen LogP contribution in [0.3, 0.4) is 0 Å². The number of nitrogens with zero attached hydrogens (tertiary/aromatic N) is 2. The number of thiophene rings is 1. The van der Waals surface area contributed by atoms with Crippen LogP contribution in [0, 0.1) is 0 Å². The molecule has 0 aliphatic rings. The summed E-state index contributed by atoms with van der Waals surface area (Å²) in [6.07, 6.45) is 2.07. The topological polar surface area (TPSA) is 37.8 Å². The van der Waals surface area contributed by atoms with E-state index in [9.17, 15) is 0 Å². The summed E-state index contributed by atoms with van der Waals surface area (Å²) in [7, 11) is 0. The number of rotatable bonds is 4. The van der Waals surface area contributed by atoms with Crippen molar-refractivity contribution in [2.75, 3.05) is 11.6 Å². The predicted molar refractivity (Wildman–Crippen MR) is 92.4 cm³/mol. The summed E-state index contributed by atoms with van der Waals surface area (Å²) in [6.45, 7) is 0. The maximum Gasteiger partial charge on any atom is 0.210 e. The van der Waals surface area contributed by atoms with Crippen LogP contribution >= 0.6 is 50.4 Å². The molecule has 0 radical (unpaired) electrons. The normalized spacial score (nSPS) is 10.7. The average molecular weight is 384 g/mol. The molecule has 3 aromatic rings. The zero-order valence-corrected chi connectivity index (χ0v) is 14.5. The van der Waals surface area contributed by atoms with Crippen molar-refractivity contribution in [3.05, 3.63) is 40.9 Å². The van der Waals surface area contributed by atoms with Gasteiger partial charge in [-0.2, -0.15) is 0 Å². The highest BCUT2D eigenvalue weighted by atomic mass is 79.9. The monoisotopic (exact) mass is 383 g/mol. The molecule has 0 spiro atoms. The van der Waals surface area contributed by atoms with E-state index in [1.807, 2.05) is 30.3 Å². The Morgan fingerprint density at radius 1 is 1.15 bits per heavy atom. The molecule has 1 aromatic carbocycles. The fourth-order valence-corrected chi connectivity index (χ4v) is 5.17. The van der Waals surface area contributed by atoms with E-state index in [1.165, 1.54) is 4.21 Å². The molecule has 3 rings (SSSR count). The molecule has 0 aliphatic carbocycles. The molecular formula is C13H10BrN3S3. The van der Waals surface area contributed by atoms with Gasteiger partial charge >= 0.3 is 0 Å². The largest absolute Gasteiger partial charge is 0.330 e. The summed E-state index contributed by atoms with van der Waals surface area (Å²) in [5.41, 5.74) is 1.02. The predicted octanol–water partition coefficient (Wildman–Crippen LogP) is 5.49. The molecule has 0 unspecified atom stereocenters. The highest BCUT2D eigenvalue weighted by Crippen LogP contribution is 2.41. The Hall–Kier alpha value is -0.890. The van der Waals surface area contributed by atoms with Crippen molar-refractivity contribution < 1.29 is 0 Å². The van der Waals surface area contributed by atoms with Gasteiger partial charge in [0, 0.05) is 10.2 Å². The Kier molecular flexibility index (Phi) is 4.40. The van der Waals surface area contributed by atoms with Crippen LogP contribution in [0.1, 0.15) is 0 Å². The molecule has 2 aromatic heterocycles. The molecule has 1 N–H and O–H groups in total. The van der Waals surface area contributed by atoms with Crippen LogP contribution in [-0.4, -0.2) is 16.5 Å². The van der Waals surface area contributed by atoms with Crippen LogP contribution in [0.5, 0.6) is 0 Å². The number of hydrogen-bond donors (Lipinski definition) is 1. The third-order valence-corrected chi connectivity index (χ3v) is 6.93. The molecule has 7 heteroatoms. The summed E-state index contributed by atoms with van der Waals surface area (Å²) in [4.78, 5) is 1.14. The lowest BCUT2D eigenvalue weighted by Gasteiger charge is -1.99. The first kappa shape index (κ1) is 14.1. The number of nitrogens with one attached hydrogen (secondary N) is 1. The van der Waals surface area contributed by atoms with Crippen LogP contribution < -0.4 is 5.32 Å². The molecule has 102 valence electrons. The van der Waals surface area contributed by atoms with Gasteiger partial charge in [0.1, 0.15) is 0 Å². The van der Waals surface area contributed by atoms with Gasteiger partial charge in [-0.3, -0.25) is 0 Å². The van der Waals surface area contributed by atoms with Gasteiger partial charge in [0.25, 0.3) is 0 Å². The van der Waals surface area contributed by atoms with Crippen LogP contribution in [0.15, 0.2) is 45.1 Å². The van der Waals surface area contributed by atoms with Crippen LogP contribution in [0.25, 0.3) is 9.88 Å². The van der Waals surface area contributed by atoms with Gasteiger partial charge in [0.05, 0.1) is 9.09 Å². The second-order valence-corrected chi connectivity index (χ2v) is 7.81. The van der Waals surface area contributed by atoms with E-state index in [-0.39, 0.29) is 0 Å². The number of thioether (sulfide) groups is 1. The van der Waals surface area contributed by atoms with Crippen molar-refractivity contribution in [2.45, 2.75) is 4.21 Å². The molecule has 0 amide bonds. The highest BCUT2D eigenvalue weighted by molar-refractivity contribution is 9.10. The van der Waals surface area contributed by atoms with Crippen molar-refractivity contribution in [1.82, 2.24) is 10.2 Å². The number of halogens is 1. The van der Waals surface area contributed by atoms with E-state index >= 15 is 0 Å². The van der Waals surface area contributed by atoms with Crippen LogP contribution in [0.4, 0.5) is 10.8 Å². The molecule has 0 saturated carbocycles. The molecule has 0 fully saturated rings. The molecule has 0 bridgehead atoms. The second kappa shape index (κ2) is 6.26. The lowest BCUT2D eigenvalue weighted by atomic mass is 10.3. The van der Waals surface area contributed by atoms with Gasteiger partial charge in [0.2, 0.25) is 5.13 Å². The molecule has 2 heterocycles. The molecule has 0 atom stereocenters. The number of hydrogen-bond acceptors (Lipinski definition) is 6. The standard InChI is InChI=1S/C13H10BrN3S3/c1-18-12-9(14)7-10(19-12)11-16-17-13(20-11)15-8-5-3-2-4-6-8/h2-7H,1H3,(H,15,17). The lowest BCUT2D eigenvalue weighted by Crippen LogP contribution is -1.87. The van der Waals surface area contributed by atoms with Gasteiger partial charge in [-0.1, -0.05) is 29.5 Å². The van der Waals surface area contributed by atoms with E-state index in [2.05, 4.69) is 43.8 Å². The van der Waals surface area contributed by atoms with E-state index in [4.69, 9.17) is 0 Å². The minimum atomic E-state index is 0.807. The quantitative estimate of drug-likeness (QED) is 0.603. The molecule has 0 aliphatic heterocycles. The fourth-order valence-electron chi connectivity index (χ4n) is 1.61. The Balaban J connectivity index is 1.82. The third kappa shape index (κ3) is 3.06. The average Bonchev–Trinajstić information content (AvgIpc) is 3.06. The van der Waals surface area contributed by atoms with E-state index in [0.29, 0.717) is 0 Å². The zero-order valence-electron chi connectivity index (χ0n) is 10.5. The van der Waals surface area contributed by atoms with Crippen molar-refractivity contribution in [1.29, 1.82) is 0 Å². The molecule has 0 saturated heterocycles. The first-order valence-corrected chi connectivity index (χ1v) is 9.40. The molecule has 3 nitrogen and oxygen atoms in total. The third-order valence-electron chi connectivity index (χ3n) is 2.50. The Morgan fingerprint density at radius 3 is 2.65 bits per heavy atom. The molecule has 20 heavy (non-hydrogen) atoms. The first-order valence-electron chi connectivity index (χ1n) is 5.75. The Bertz CT molecular complexity index is 709. The summed E-state index contributed by atoms with van der Waals surface area (Å²) >= 11 is 8.59. The van der Waals surface area contributed by atoms with Gasteiger partial charge in [-0.05, 0) is 40.4 Å². The van der Waals surface area contributed by atoms with E-state index < -0.39 is 0 Å². The van der Waals surface area contributed by atoms with Crippen molar-refractivity contribution in [3.63, 3.8) is 0 Å². The summed E-state index contributed by atoms with van der Waals surface area (Å²) in [6, 6.07) is 12.1. The van der Waals surface area contributed by atoms with Gasteiger partial charge in [-0.15, -0.1) is 33.3 Å². The SMILES string of the molecule is CSc1sc(-c2nnc(Nc3ccccc3)s2)cc1Br. The van der Waals surface area contributed by atoms with Gasteiger partial charge in [0.15, 0.2) is 5.01 Å². The van der Waals surface area contributed by atoms with E-state index in [0.717, 1.165) is 25.2 Å². The van der Waals surface area contributed by atoms with Gasteiger partial charge < -0.3 is 5.32 Å². The first-order chi connectivity index (χ1) is 9.76. The Morgan fingerprint density at radius 2 is 1.95 bits per heavy atom. The van der Waals surface area contributed by atoms with Crippen molar-refractivity contribution in [3.8, 4) is 9.88 Å². The van der Waals surface area contributed by atoms with E-state index in [1.54, 1.807) is 34.4 Å². The number of benzene rings is 1. The van der Waals surface area contributed by atoms with Crippen molar-refractivity contribution >= 4 is 61.2 Å². The Labute approximate surface area is 137 Å². The lowest BCUT2D eigenvalue weighted by molar-refractivity contribution is 1.10. The van der Waals surface area contributed by atoms with Crippen molar-refractivity contribution in [2.24, 2.45) is 0 Å². The maximum atomic E-state index is 4.26. The van der Waals surface area contributed by atoms with Crippen LogP contribution in [-0.2, 0) is 0 Å². The second-order valence-electron chi connectivity index (χ2n) is 3.85.